The number of thiazole rings is 1. The third-order valence-electron chi connectivity index (χ3n) is 6.49. The van der Waals surface area contributed by atoms with Crippen molar-refractivity contribution in [3.63, 3.8) is 0 Å². The molecule has 0 bridgehead atoms. The van der Waals surface area contributed by atoms with Gasteiger partial charge in [-0.2, -0.15) is 4.31 Å². The van der Waals surface area contributed by atoms with Gasteiger partial charge in [-0.15, -0.1) is 11.3 Å². The second kappa shape index (κ2) is 11.0. The first-order chi connectivity index (χ1) is 18.2. The number of rotatable bonds is 7. The number of nitrogens with zero attached hydrogens (tertiary/aromatic N) is 2. The highest BCUT2D eigenvalue weighted by Crippen LogP contribution is 2.33. The summed E-state index contributed by atoms with van der Waals surface area (Å²) in [5.74, 6) is 0.681. The lowest BCUT2D eigenvalue weighted by Gasteiger charge is -2.30. The van der Waals surface area contributed by atoms with Gasteiger partial charge in [-0.25, -0.2) is 13.4 Å². The summed E-state index contributed by atoms with van der Waals surface area (Å²) in [6.45, 7) is 5.49. The van der Waals surface area contributed by atoms with Gasteiger partial charge in [0.25, 0.3) is 5.91 Å². The largest absolute Gasteiger partial charge is 0.494 e. The lowest BCUT2D eigenvalue weighted by molar-refractivity contribution is 0.102. The number of hydrogen-bond donors (Lipinski definition) is 1. The molecule has 1 aromatic heterocycles. The highest BCUT2D eigenvalue weighted by atomic mass is 35.5. The normalized spacial score (nSPS) is 16.4. The van der Waals surface area contributed by atoms with Crippen LogP contribution in [0.15, 0.2) is 65.6 Å². The van der Waals surface area contributed by atoms with Crippen molar-refractivity contribution in [3.8, 4) is 16.3 Å². The summed E-state index contributed by atoms with van der Waals surface area (Å²) in [6.07, 6.45) is 1.80. The summed E-state index contributed by atoms with van der Waals surface area (Å²) < 4.78 is 34.6. The molecule has 1 N–H and O–H groups in total. The number of amides is 1. The molecule has 3 aromatic carbocycles. The molecular formula is C28H28ClN3O4S2. The maximum Gasteiger partial charge on any atom is 0.255 e. The Bertz CT molecular complexity index is 1590. The third kappa shape index (κ3) is 5.56. The second-order valence-corrected chi connectivity index (χ2v) is 12.7. The van der Waals surface area contributed by atoms with Crippen LogP contribution in [-0.2, 0) is 10.0 Å². The number of halogens is 1. The highest BCUT2D eigenvalue weighted by molar-refractivity contribution is 7.89. The Hall–Kier alpha value is -2.98. The average molecular weight is 570 g/mol. The minimum absolute atomic E-state index is 0.0420. The lowest BCUT2D eigenvalue weighted by atomic mass is 10.0. The molecule has 1 saturated heterocycles. The minimum atomic E-state index is -3.80. The van der Waals surface area contributed by atoms with Gasteiger partial charge in [0.1, 0.15) is 15.7 Å². The summed E-state index contributed by atoms with van der Waals surface area (Å²) >= 11 is 7.85. The van der Waals surface area contributed by atoms with Crippen LogP contribution in [0.1, 0.15) is 37.0 Å². The smallest absolute Gasteiger partial charge is 0.255 e. The number of sulfonamides is 1. The quantitative estimate of drug-likeness (QED) is 0.268. The Morgan fingerprint density at radius 2 is 1.95 bits per heavy atom. The van der Waals surface area contributed by atoms with Crippen LogP contribution in [-0.4, -0.2) is 43.3 Å². The molecule has 7 nitrogen and oxygen atoms in total. The molecule has 1 atom stereocenters. The van der Waals surface area contributed by atoms with Gasteiger partial charge in [-0.1, -0.05) is 18.5 Å². The van der Waals surface area contributed by atoms with Crippen molar-refractivity contribution in [1.82, 2.24) is 9.29 Å². The number of carbonyl (C=O) groups excluding carboxylic acids is 1. The predicted molar refractivity (Wildman–Crippen MR) is 153 cm³/mol. The van der Waals surface area contributed by atoms with Crippen molar-refractivity contribution in [3.05, 3.63) is 71.2 Å². The van der Waals surface area contributed by atoms with E-state index in [4.69, 9.17) is 21.3 Å². The van der Waals surface area contributed by atoms with E-state index in [2.05, 4.69) is 5.32 Å². The van der Waals surface area contributed by atoms with Crippen molar-refractivity contribution in [1.29, 1.82) is 0 Å². The van der Waals surface area contributed by atoms with E-state index in [1.165, 1.54) is 22.5 Å². The summed E-state index contributed by atoms with van der Waals surface area (Å²) in [5.41, 5.74) is 2.64. The Morgan fingerprint density at radius 3 is 2.68 bits per heavy atom. The predicted octanol–water partition coefficient (Wildman–Crippen LogP) is 6.69. The molecule has 0 unspecified atom stereocenters. The summed E-state index contributed by atoms with van der Waals surface area (Å²) in [5, 5.41) is 3.82. The number of fused-ring (bicyclic) bond motifs is 1. The average Bonchev–Trinajstić information content (AvgIpc) is 3.33. The molecule has 0 aliphatic carbocycles. The summed E-state index contributed by atoms with van der Waals surface area (Å²) in [4.78, 5) is 17.7. The molecule has 1 fully saturated rings. The molecule has 0 saturated carbocycles. The van der Waals surface area contributed by atoms with Crippen LogP contribution in [0.3, 0.4) is 0 Å². The molecule has 1 amide bonds. The van der Waals surface area contributed by atoms with E-state index in [-0.39, 0.29) is 21.4 Å². The number of carbonyl (C=O) groups is 1. The van der Waals surface area contributed by atoms with Crippen LogP contribution in [0.4, 0.5) is 5.69 Å². The van der Waals surface area contributed by atoms with E-state index in [1.807, 2.05) is 44.2 Å². The molecule has 5 rings (SSSR count). The maximum atomic E-state index is 13.3. The zero-order valence-corrected chi connectivity index (χ0v) is 23.5. The molecule has 38 heavy (non-hydrogen) atoms. The van der Waals surface area contributed by atoms with Crippen LogP contribution in [0.5, 0.6) is 5.75 Å². The van der Waals surface area contributed by atoms with E-state index in [0.717, 1.165) is 39.4 Å². The van der Waals surface area contributed by atoms with E-state index in [9.17, 15) is 13.2 Å². The lowest BCUT2D eigenvalue weighted by Crippen LogP contribution is -2.39. The summed E-state index contributed by atoms with van der Waals surface area (Å²) in [6, 6.07) is 17.6. The number of ether oxygens (including phenoxy) is 1. The van der Waals surface area contributed by atoms with Crippen LogP contribution >= 0.6 is 22.9 Å². The molecular weight excluding hydrogens is 542 g/mol. The first-order valence-electron chi connectivity index (χ1n) is 12.5. The van der Waals surface area contributed by atoms with Gasteiger partial charge >= 0.3 is 0 Å². The maximum absolute atomic E-state index is 13.3. The van der Waals surface area contributed by atoms with Gasteiger partial charge in [0.15, 0.2) is 0 Å². The standard InChI is InChI=1S/C28H28ClN3O4S2/c1-3-36-22-11-13-24-25(16-22)37-28(31-24)19-6-9-21(10-7-19)30-27(33)20-8-12-23(29)26(15-20)38(34,35)32-14-4-5-18(2)17-32/h6-13,15-16,18H,3-5,14,17H2,1-2H3,(H,30,33)/t18-/m0/s1. The van der Waals surface area contributed by atoms with Crippen LogP contribution in [0.2, 0.25) is 5.02 Å². The van der Waals surface area contributed by atoms with Gasteiger partial charge < -0.3 is 10.1 Å². The van der Waals surface area contributed by atoms with E-state index in [1.54, 1.807) is 23.5 Å². The Balaban J connectivity index is 1.32. The van der Waals surface area contributed by atoms with Gasteiger partial charge in [-0.05, 0) is 86.3 Å². The Morgan fingerprint density at radius 1 is 1.16 bits per heavy atom. The fraction of sp³-hybridized carbons (Fsp3) is 0.286. The number of piperidine rings is 1. The van der Waals surface area contributed by atoms with E-state index in [0.29, 0.717) is 25.4 Å². The molecule has 4 aromatic rings. The van der Waals surface area contributed by atoms with Crippen molar-refractivity contribution in [2.45, 2.75) is 31.6 Å². The highest BCUT2D eigenvalue weighted by Gasteiger charge is 2.31. The SMILES string of the molecule is CCOc1ccc2nc(-c3ccc(NC(=O)c4ccc(Cl)c(S(=O)(=O)N5CCC[C@H](C)C5)c4)cc3)sc2c1. The molecule has 2 heterocycles. The number of benzene rings is 3. The van der Waals surface area contributed by atoms with Gasteiger partial charge in [-0.3, -0.25) is 4.79 Å². The monoisotopic (exact) mass is 569 g/mol. The fourth-order valence-corrected chi connectivity index (χ4v) is 7.63. The Kier molecular flexibility index (Phi) is 7.72. The van der Waals surface area contributed by atoms with E-state index >= 15 is 0 Å². The van der Waals surface area contributed by atoms with Crippen LogP contribution < -0.4 is 10.1 Å². The van der Waals surface area contributed by atoms with Crippen molar-refractivity contribution >= 4 is 54.8 Å². The first kappa shape index (κ1) is 26.6. The second-order valence-electron chi connectivity index (χ2n) is 9.37. The van der Waals surface area contributed by atoms with Crippen molar-refractivity contribution in [2.75, 3.05) is 25.0 Å². The van der Waals surface area contributed by atoms with Gasteiger partial charge in [0, 0.05) is 29.9 Å². The number of nitrogens with one attached hydrogen (secondary N) is 1. The van der Waals surface area contributed by atoms with Crippen molar-refractivity contribution in [2.24, 2.45) is 5.92 Å². The molecule has 10 heteroatoms. The number of anilines is 1. The fourth-order valence-electron chi connectivity index (χ4n) is 4.53. The molecule has 1 aliphatic rings. The third-order valence-corrected chi connectivity index (χ3v) is 9.91. The van der Waals surface area contributed by atoms with Crippen LogP contribution in [0.25, 0.3) is 20.8 Å². The topological polar surface area (TPSA) is 88.6 Å². The molecule has 0 spiro atoms. The van der Waals surface area contributed by atoms with Crippen molar-refractivity contribution < 1.29 is 17.9 Å². The zero-order valence-electron chi connectivity index (χ0n) is 21.1. The van der Waals surface area contributed by atoms with Crippen LogP contribution in [0, 0.1) is 5.92 Å². The Labute approximate surface area is 231 Å². The first-order valence-corrected chi connectivity index (χ1v) is 15.1. The number of hydrogen-bond acceptors (Lipinski definition) is 6. The van der Waals surface area contributed by atoms with E-state index < -0.39 is 15.9 Å². The number of aromatic nitrogens is 1. The molecule has 198 valence electrons. The molecule has 0 radical (unpaired) electrons. The zero-order chi connectivity index (χ0) is 26.9. The van der Waals surface area contributed by atoms with Gasteiger partial charge in [0.2, 0.25) is 10.0 Å². The van der Waals surface area contributed by atoms with Gasteiger partial charge in [0.05, 0.1) is 21.8 Å². The molecule has 1 aliphatic heterocycles. The minimum Gasteiger partial charge on any atom is -0.494 e. The summed E-state index contributed by atoms with van der Waals surface area (Å²) in [7, 11) is -3.80.